The Morgan fingerprint density at radius 2 is 1.74 bits per heavy atom. The minimum absolute atomic E-state index is 0.0635. The summed E-state index contributed by atoms with van der Waals surface area (Å²) in [5, 5.41) is 11.6. The van der Waals surface area contributed by atoms with E-state index in [4.69, 9.17) is 9.47 Å². The van der Waals surface area contributed by atoms with E-state index >= 15 is 0 Å². The van der Waals surface area contributed by atoms with Crippen LogP contribution in [0.25, 0.3) is 11.0 Å². The Hall–Kier alpha value is -4.40. The number of nitrogens with zero attached hydrogens (tertiary/aromatic N) is 4. The summed E-state index contributed by atoms with van der Waals surface area (Å²) in [6, 6.07) is 21.0. The lowest BCUT2D eigenvalue weighted by molar-refractivity contribution is -0.127. The van der Waals surface area contributed by atoms with E-state index in [2.05, 4.69) is 15.6 Å². The first-order valence-electron chi connectivity index (χ1n) is 12.8. The molecule has 5 rings (SSSR count). The second kappa shape index (κ2) is 11.3. The molecule has 196 valence electrons. The summed E-state index contributed by atoms with van der Waals surface area (Å²) >= 11 is 0. The smallest absolute Gasteiger partial charge is 0.249 e. The first-order valence-corrected chi connectivity index (χ1v) is 12.8. The van der Waals surface area contributed by atoms with Crippen LogP contribution in [0.1, 0.15) is 37.3 Å². The van der Waals surface area contributed by atoms with Crippen molar-refractivity contribution in [3.05, 3.63) is 78.4 Å². The molecule has 1 heterocycles. The summed E-state index contributed by atoms with van der Waals surface area (Å²) in [7, 11) is 3.11. The summed E-state index contributed by atoms with van der Waals surface area (Å²) < 4.78 is 12.7. The Kier molecular flexibility index (Phi) is 7.53. The van der Waals surface area contributed by atoms with E-state index in [1.54, 1.807) is 37.1 Å². The van der Waals surface area contributed by atoms with Gasteiger partial charge >= 0.3 is 0 Å². The van der Waals surface area contributed by atoms with E-state index in [1.807, 2.05) is 54.6 Å². The van der Waals surface area contributed by atoms with Crippen molar-refractivity contribution in [1.29, 1.82) is 0 Å². The van der Waals surface area contributed by atoms with Gasteiger partial charge in [-0.1, -0.05) is 48.4 Å². The van der Waals surface area contributed by atoms with Crippen LogP contribution in [-0.4, -0.2) is 47.1 Å². The van der Waals surface area contributed by atoms with Crippen molar-refractivity contribution < 1.29 is 19.1 Å². The molecular weight excluding hydrogens is 482 g/mol. The molecular formula is C29H31N5O4. The van der Waals surface area contributed by atoms with Gasteiger partial charge in [0.05, 0.1) is 19.7 Å². The minimum Gasteiger partial charge on any atom is -0.497 e. The van der Waals surface area contributed by atoms with Gasteiger partial charge in [-0.15, -0.1) is 5.10 Å². The number of methoxy groups -OCH3 is 2. The Morgan fingerprint density at radius 3 is 2.47 bits per heavy atom. The first-order chi connectivity index (χ1) is 18.6. The van der Waals surface area contributed by atoms with Gasteiger partial charge in [0.15, 0.2) is 0 Å². The van der Waals surface area contributed by atoms with Crippen LogP contribution < -0.4 is 19.7 Å². The lowest BCUT2D eigenvalue weighted by Gasteiger charge is -2.33. The van der Waals surface area contributed by atoms with Gasteiger partial charge in [-0.25, -0.2) is 4.68 Å². The molecule has 0 unspecified atom stereocenters. The molecule has 1 N–H and O–H groups in total. The predicted octanol–water partition coefficient (Wildman–Crippen LogP) is 4.28. The van der Waals surface area contributed by atoms with Gasteiger partial charge < -0.3 is 14.8 Å². The number of carbonyl (C=O) groups is 2. The second-order valence-electron chi connectivity index (χ2n) is 9.34. The van der Waals surface area contributed by atoms with Gasteiger partial charge in [0.1, 0.15) is 29.6 Å². The third kappa shape index (κ3) is 5.18. The zero-order valence-electron chi connectivity index (χ0n) is 21.5. The molecule has 2 amide bonds. The zero-order valence-corrected chi connectivity index (χ0v) is 21.5. The average Bonchev–Trinajstić information content (AvgIpc) is 3.61. The van der Waals surface area contributed by atoms with Crippen LogP contribution in [0.2, 0.25) is 0 Å². The molecule has 1 fully saturated rings. The number of benzene rings is 3. The molecule has 1 aliphatic rings. The highest BCUT2D eigenvalue weighted by Crippen LogP contribution is 2.36. The van der Waals surface area contributed by atoms with Crippen LogP contribution in [-0.2, 0) is 16.1 Å². The van der Waals surface area contributed by atoms with Gasteiger partial charge in [0.25, 0.3) is 0 Å². The molecule has 9 nitrogen and oxygen atoms in total. The molecule has 0 aliphatic heterocycles. The van der Waals surface area contributed by atoms with E-state index < -0.39 is 6.04 Å². The molecule has 9 heteroatoms. The minimum atomic E-state index is -1.01. The van der Waals surface area contributed by atoms with Crippen molar-refractivity contribution in [3.63, 3.8) is 0 Å². The maximum absolute atomic E-state index is 14.2. The zero-order chi connectivity index (χ0) is 26.5. The molecule has 1 atom stereocenters. The van der Waals surface area contributed by atoms with Crippen molar-refractivity contribution in [2.75, 3.05) is 19.1 Å². The Bertz CT molecular complexity index is 1420. The van der Waals surface area contributed by atoms with Crippen LogP contribution in [0, 0.1) is 0 Å². The molecule has 0 bridgehead atoms. The average molecular weight is 514 g/mol. The van der Waals surface area contributed by atoms with Gasteiger partial charge in [0.2, 0.25) is 11.8 Å². The van der Waals surface area contributed by atoms with E-state index in [9.17, 15) is 9.59 Å². The molecule has 38 heavy (non-hydrogen) atoms. The molecule has 1 saturated carbocycles. The third-order valence-corrected chi connectivity index (χ3v) is 6.95. The van der Waals surface area contributed by atoms with Crippen molar-refractivity contribution in [1.82, 2.24) is 20.3 Å². The fourth-order valence-corrected chi connectivity index (χ4v) is 5.07. The molecule has 0 radical (unpaired) electrons. The second-order valence-corrected chi connectivity index (χ2v) is 9.34. The number of hydrogen-bond acceptors (Lipinski definition) is 6. The summed E-state index contributed by atoms with van der Waals surface area (Å²) in [5.74, 6) is 0.451. The van der Waals surface area contributed by atoms with Gasteiger partial charge in [-0.3, -0.25) is 14.5 Å². The van der Waals surface area contributed by atoms with E-state index in [-0.39, 0.29) is 24.4 Å². The fraction of sp³-hybridized carbons (Fsp3) is 0.310. The Morgan fingerprint density at radius 1 is 1.00 bits per heavy atom. The lowest BCUT2D eigenvalue weighted by atomic mass is 10.0. The number of rotatable bonds is 9. The molecule has 0 spiro atoms. The number of ether oxygens (including phenoxy) is 2. The number of fused-ring (bicyclic) bond motifs is 1. The lowest BCUT2D eigenvalue weighted by Crippen LogP contribution is -2.47. The van der Waals surface area contributed by atoms with Crippen molar-refractivity contribution in [2.24, 2.45) is 0 Å². The number of hydrogen-bond donors (Lipinski definition) is 1. The molecule has 1 aliphatic carbocycles. The van der Waals surface area contributed by atoms with Crippen molar-refractivity contribution in [2.45, 2.75) is 44.3 Å². The maximum atomic E-state index is 14.2. The topological polar surface area (TPSA) is 98.6 Å². The third-order valence-electron chi connectivity index (χ3n) is 6.95. The predicted molar refractivity (Wildman–Crippen MR) is 144 cm³/mol. The van der Waals surface area contributed by atoms with Crippen LogP contribution in [0.3, 0.4) is 0 Å². The largest absolute Gasteiger partial charge is 0.497 e. The monoisotopic (exact) mass is 513 g/mol. The Labute approximate surface area is 221 Å². The highest BCUT2D eigenvalue weighted by Gasteiger charge is 2.36. The molecule has 4 aromatic rings. The van der Waals surface area contributed by atoms with Crippen LogP contribution >= 0.6 is 0 Å². The number of amides is 2. The highest BCUT2D eigenvalue weighted by atomic mass is 16.5. The van der Waals surface area contributed by atoms with Crippen molar-refractivity contribution in [3.8, 4) is 11.5 Å². The van der Waals surface area contributed by atoms with Crippen LogP contribution in [0.15, 0.2) is 72.8 Å². The number of nitrogens with one attached hydrogen (secondary N) is 1. The molecule has 1 aromatic heterocycles. The molecule has 0 saturated heterocycles. The van der Waals surface area contributed by atoms with Gasteiger partial charge in [-0.2, -0.15) is 0 Å². The summed E-state index contributed by atoms with van der Waals surface area (Å²) in [4.78, 5) is 29.7. The van der Waals surface area contributed by atoms with E-state index in [0.717, 1.165) is 31.2 Å². The fourth-order valence-electron chi connectivity index (χ4n) is 5.07. The SMILES string of the molecule is COc1ccc(OC)c([C@H](C(=O)NC2CCCC2)N(C(=O)Cn2nnc3ccccc32)c2ccccc2)c1. The van der Waals surface area contributed by atoms with E-state index in [0.29, 0.717) is 28.3 Å². The summed E-state index contributed by atoms with van der Waals surface area (Å²) in [6.07, 6.45) is 3.97. The number of anilines is 1. The standard InChI is InChI=1S/C29H31N5O4/c1-37-22-16-17-26(38-2)23(18-22)28(29(36)30-20-10-6-7-11-20)34(21-12-4-3-5-13-21)27(35)19-33-25-15-9-8-14-24(25)31-32-33/h3-5,8-9,12-18,20,28H,6-7,10-11,19H2,1-2H3,(H,30,36)/t28-/m1/s1. The number of aromatic nitrogens is 3. The summed E-state index contributed by atoms with van der Waals surface area (Å²) in [6.45, 7) is -0.102. The Balaban J connectivity index is 1.61. The number of para-hydroxylation sites is 2. The van der Waals surface area contributed by atoms with Gasteiger partial charge in [-0.05, 0) is 55.3 Å². The number of carbonyl (C=O) groups excluding carboxylic acids is 2. The molecule has 3 aromatic carbocycles. The quantitative estimate of drug-likeness (QED) is 0.359. The first kappa shape index (κ1) is 25.3. The van der Waals surface area contributed by atoms with Crippen LogP contribution in [0.5, 0.6) is 11.5 Å². The summed E-state index contributed by atoms with van der Waals surface area (Å²) in [5.41, 5.74) is 2.54. The normalized spacial score (nSPS) is 14.3. The van der Waals surface area contributed by atoms with Gasteiger partial charge in [0, 0.05) is 17.3 Å². The van der Waals surface area contributed by atoms with E-state index in [1.165, 1.54) is 4.90 Å². The van der Waals surface area contributed by atoms with Crippen molar-refractivity contribution >= 4 is 28.5 Å². The maximum Gasteiger partial charge on any atom is 0.249 e. The van der Waals surface area contributed by atoms with Crippen LogP contribution in [0.4, 0.5) is 5.69 Å². The highest BCUT2D eigenvalue weighted by molar-refractivity contribution is 6.02.